The number of furan rings is 1. The Hall–Kier alpha value is -3.41. The molecule has 0 radical (unpaired) electrons. The summed E-state index contributed by atoms with van der Waals surface area (Å²) in [5.41, 5.74) is 2.74. The second-order valence-corrected chi connectivity index (χ2v) is 6.03. The van der Waals surface area contributed by atoms with Gasteiger partial charge in [-0.1, -0.05) is 18.2 Å². The number of hydrogen-bond donors (Lipinski definition) is 1. The predicted molar refractivity (Wildman–Crippen MR) is 95.9 cm³/mol. The van der Waals surface area contributed by atoms with E-state index in [0.29, 0.717) is 17.9 Å². The van der Waals surface area contributed by atoms with E-state index >= 15 is 0 Å². The van der Waals surface area contributed by atoms with E-state index in [4.69, 9.17) is 4.42 Å². The first-order chi connectivity index (χ1) is 12.7. The monoisotopic (exact) mass is 347 g/mol. The molecule has 0 saturated carbocycles. The predicted octanol–water partition coefficient (Wildman–Crippen LogP) is 2.81. The molecule has 0 spiro atoms. The molecule has 3 heterocycles. The van der Waals surface area contributed by atoms with E-state index in [1.165, 1.54) is 12.3 Å². The molecule has 1 N–H and O–H groups in total. The largest absolute Gasteiger partial charge is 0.467 e. The van der Waals surface area contributed by atoms with Crippen LogP contribution in [0, 0.1) is 0 Å². The number of para-hydroxylation sites is 1. The second-order valence-electron chi connectivity index (χ2n) is 6.03. The molecule has 0 aliphatic carbocycles. The maximum atomic E-state index is 12.9. The number of nitrogens with zero attached hydrogens (tertiary/aromatic N) is 2. The summed E-state index contributed by atoms with van der Waals surface area (Å²) in [6.45, 7) is 0.908. The van der Waals surface area contributed by atoms with Crippen molar-refractivity contribution in [2.75, 3.05) is 11.4 Å². The van der Waals surface area contributed by atoms with Gasteiger partial charge >= 0.3 is 0 Å². The van der Waals surface area contributed by atoms with E-state index in [1.54, 1.807) is 29.4 Å². The number of carbonyl (C=O) groups is 2. The van der Waals surface area contributed by atoms with Crippen LogP contribution in [0.2, 0.25) is 0 Å². The zero-order valence-corrected chi connectivity index (χ0v) is 14.0. The number of amides is 2. The lowest BCUT2D eigenvalue weighted by atomic mass is 10.1. The van der Waals surface area contributed by atoms with E-state index in [-0.39, 0.29) is 24.1 Å². The fourth-order valence-corrected chi connectivity index (χ4v) is 3.06. The Morgan fingerprint density at radius 2 is 2.04 bits per heavy atom. The molecular weight excluding hydrogens is 330 g/mol. The summed E-state index contributed by atoms with van der Waals surface area (Å²) in [5, 5.41) is 2.73. The van der Waals surface area contributed by atoms with Gasteiger partial charge in [0.05, 0.1) is 12.8 Å². The Labute approximate surface area is 150 Å². The summed E-state index contributed by atoms with van der Waals surface area (Å²) < 4.78 is 5.19. The van der Waals surface area contributed by atoms with Crippen LogP contribution < -0.4 is 10.2 Å². The molecule has 0 unspecified atom stereocenters. The van der Waals surface area contributed by atoms with Gasteiger partial charge in [-0.05, 0) is 42.3 Å². The van der Waals surface area contributed by atoms with Gasteiger partial charge in [0.25, 0.3) is 11.8 Å². The Bertz CT molecular complexity index is 950. The number of anilines is 1. The van der Waals surface area contributed by atoms with Crippen LogP contribution in [0.3, 0.4) is 0 Å². The lowest BCUT2D eigenvalue weighted by molar-refractivity contribution is 0.0943. The molecule has 0 atom stereocenters. The molecule has 26 heavy (non-hydrogen) atoms. The Kier molecular flexibility index (Phi) is 4.23. The number of fused-ring (bicyclic) bond motifs is 1. The molecule has 6 nitrogen and oxygen atoms in total. The number of pyridine rings is 1. The molecule has 1 aliphatic heterocycles. The summed E-state index contributed by atoms with van der Waals surface area (Å²) in [4.78, 5) is 31.0. The van der Waals surface area contributed by atoms with Gasteiger partial charge in [-0.25, -0.2) is 0 Å². The lowest BCUT2D eigenvalue weighted by Gasteiger charge is -2.17. The van der Waals surface area contributed by atoms with Crippen LogP contribution in [0.5, 0.6) is 0 Å². The number of benzene rings is 1. The van der Waals surface area contributed by atoms with Gasteiger partial charge in [-0.3, -0.25) is 14.6 Å². The fraction of sp³-hybridized carbons (Fsp3) is 0.150. The van der Waals surface area contributed by atoms with Crippen molar-refractivity contribution >= 4 is 17.5 Å². The van der Waals surface area contributed by atoms with Gasteiger partial charge in [0, 0.05) is 24.0 Å². The van der Waals surface area contributed by atoms with Crippen LogP contribution in [0.1, 0.15) is 32.2 Å². The molecule has 3 aromatic rings. The van der Waals surface area contributed by atoms with Crippen molar-refractivity contribution in [1.29, 1.82) is 0 Å². The number of aromatic nitrogens is 1. The van der Waals surface area contributed by atoms with Gasteiger partial charge < -0.3 is 14.6 Å². The SMILES string of the molecule is O=C(NCc1ccco1)c1cc(C(=O)N2CCc3ccccc32)ccn1. The van der Waals surface area contributed by atoms with Crippen molar-refractivity contribution in [3.05, 3.63) is 83.6 Å². The molecule has 0 fully saturated rings. The molecule has 2 amide bonds. The molecule has 130 valence electrons. The quantitative estimate of drug-likeness (QED) is 0.787. The van der Waals surface area contributed by atoms with E-state index in [2.05, 4.69) is 10.3 Å². The van der Waals surface area contributed by atoms with E-state index < -0.39 is 0 Å². The first-order valence-corrected chi connectivity index (χ1v) is 8.39. The zero-order valence-electron chi connectivity index (χ0n) is 14.0. The third kappa shape index (κ3) is 3.09. The standard InChI is InChI=1S/C20H17N3O3/c24-19(22-13-16-5-3-11-26-16)17-12-15(7-9-21-17)20(25)23-10-8-14-4-1-2-6-18(14)23/h1-7,9,11-12H,8,10,13H2,(H,22,24). The van der Waals surface area contributed by atoms with E-state index in [1.807, 2.05) is 24.3 Å². The number of hydrogen-bond acceptors (Lipinski definition) is 4. The first kappa shape index (κ1) is 16.1. The van der Waals surface area contributed by atoms with Gasteiger partial charge in [0.15, 0.2) is 0 Å². The van der Waals surface area contributed by atoms with Crippen molar-refractivity contribution < 1.29 is 14.0 Å². The highest BCUT2D eigenvalue weighted by atomic mass is 16.3. The van der Waals surface area contributed by atoms with Crippen molar-refractivity contribution in [1.82, 2.24) is 10.3 Å². The van der Waals surface area contributed by atoms with Crippen LogP contribution in [-0.2, 0) is 13.0 Å². The second kappa shape index (κ2) is 6.84. The highest BCUT2D eigenvalue weighted by Gasteiger charge is 2.25. The van der Waals surface area contributed by atoms with Gasteiger partial charge in [0.2, 0.25) is 0 Å². The molecule has 6 heteroatoms. The summed E-state index contributed by atoms with van der Waals surface area (Å²) in [6, 6.07) is 14.6. The van der Waals surface area contributed by atoms with Gasteiger partial charge in [0.1, 0.15) is 11.5 Å². The lowest BCUT2D eigenvalue weighted by Crippen LogP contribution is -2.29. The summed E-state index contributed by atoms with van der Waals surface area (Å²) >= 11 is 0. The van der Waals surface area contributed by atoms with Gasteiger partial charge in [-0.15, -0.1) is 0 Å². The maximum Gasteiger partial charge on any atom is 0.270 e. The van der Waals surface area contributed by atoms with Crippen LogP contribution in [0.15, 0.2) is 65.4 Å². The highest BCUT2D eigenvalue weighted by Crippen LogP contribution is 2.28. The topological polar surface area (TPSA) is 75.4 Å². The Morgan fingerprint density at radius 1 is 1.15 bits per heavy atom. The number of carbonyl (C=O) groups excluding carboxylic acids is 2. The van der Waals surface area contributed by atoms with Crippen LogP contribution in [0.25, 0.3) is 0 Å². The molecule has 2 aromatic heterocycles. The van der Waals surface area contributed by atoms with Crippen LogP contribution >= 0.6 is 0 Å². The molecular formula is C20H17N3O3. The first-order valence-electron chi connectivity index (χ1n) is 8.39. The van der Waals surface area contributed by atoms with E-state index in [0.717, 1.165) is 17.7 Å². The zero-order chi connectivity index (χ0) is 17.9. The Morgan fingerprint density at radius 3 is 2.88 bits per heavy atom. The molecule has 0 bridgehead atoms. The van der Waals surface area contributed by atoms with Crippen molar-refractivity contribution in [3.8, 4) is 0 Å². The molecule has 4 rings (SSSR count). The average molecular weight is 347 g/mol. The molecule has 1 aliphatic rings. The minimum absolute atomic E-state index is 0.127. The summed E-state index contributed by atoms with van der Waals surface area (Å²) in [5.74, 6) is 0.176. The van der Waals surface area contributed by atoms with Crippen LogP contribution in [-0.4, -0.2) is 23.3 Å². The highest BCUT2D eigenvalue weighted by molar-refractivity contribution is 6.08. The van der Waals surface area contributed by atoms with E-state index in [9.17, 15) is 9.59 Å². The normalized spacial score (nSPS) is 12.7. The van der Waals surface area contributed by atoms with Gasteiger partial charge in [-0.2, -0.15) is 0 Å². The smallest absolute Gasteiger partial charge is 0.270 e. The molecule has 0 saturated heterocycles. The number of rotatable bonds is 4. The number of nitrogens with one attached hydrogen (secondary N) is 1. The summed E-state index contributed by atoms with van der Waals surface area (Å²) in [6.07, 6.45) is 3.87. The Balaban J connectivity index is 1.50. The summed E-state index contributed by atoms with van der Waals surface area (Å²) in [7, 11) is 0. The third-order valence-electron chi connectivity index (χ3n) is 4.38. The third-order valence-corrected chi connectivity index (χ3v) is 4.38. The van der Waals surface area contributed by atoms with Crippen molar-refractivity contribution in [2.45, 2.75) is 13.0 Å². The molecule has 1 aromatic carbocycles. The fourth-order valence-electron chi connectivity index (χ4n) is 3.06. The minimum Gasteiger partial charge on any atom is -0.467 e. The van der Waals surface area contributed by atoms with Crippen molar-refractivity contribution in [3.63, 3.8) is 0 Å². The average Bonchev–Trinajstić information content (AvgIpc) is 3.35. The van der Waals surface area contributed by atoms with Crippen molar-refractivity contribution in [2.24, 2.45) is 0 Å². The minimum atomic E-state index is -0.349. The maximum absolute atomic E-state index is 12.9. The van der Waals surface area contributed by atoms with Crippen LogP contribution in [0.4, 0.5) is 5.69 Å².